The van der Waals surface area contributed by atoms with Crippen molar-refractivity contribution in [2.75, 3.05) is 12.4 Å². The Hall–Kier alpha value is -2.18. The summed E-state index contributed by atoms with van der Waals surface area (Å²) >= 11 is 6.20. The molecule has 3 nitrogen and oxygen atoms in total. The summed E-state index contributed by atoms with van der Waals surface area (Å²) in [5.74, 6) is 0.838. The van der Waals surface area contributed by atoms with E-state index in [0.29, 0.717) is 10.6 Å². The third-order valence-corrected chi connectivity index (χ3v) is 3.63. The summed E-state index contributed by atoms with van der Waals surface area (Å²) in [5, 5.41) is 12.8. The number of nitrogens with one attached hydrogen (secondary N) is 1. The van der Waals surface area contributed by atoms with Gasteiger partial charge in [0.05, 0.1) is 35.5 Å². The molecule has 0 radical (unpaired) electrons. The monoisotopic (exact) mass is 300 g/mol. The number of hydrogen-bond acceptors (Lipinski definition) is 3. The van der Waals surface area contributed by atoms with Crippen molar-refractivity contribution in [2.45, 2.75) is 19.9 Å². The zero-order valence-corrected chi connectivity index (χ0v) is 13.0. The van der Waals surface area contributed by atoms with Gasteiger partial charge in [0, 0.05) is 5.56 Å². The first-order valence-corrected chi connectivity index (χ1v) is 7.03. The predicted molar refractivity (Wildman–Crippen MR) is 85.9 cm³/mol. The molecule has 0 aliphatic rings. The van der Waals surface area contributed by atoms with Crippen molar-refractivity contribution in [1.82, 2.24) is 0 Å². The van der Waals surface area contributed by atoms with Crippen LogP contribution in [0.15, 0.2) is 36.4 Å². The summed E-state index contributed by atoms with van der Waals surface area (Å²) < 4.78 is 5.41. The van der Waals surface area contributed by atoms with Crippen LogP contribution < -0.4 is 10.1 Å². The number of benzene rings is 2. The molecule has 0 aliphatic carbocycles. The Bertz CT molecular complexity index is 692. The van der Waals surface area contributed by atoms with Crippen LogP contribution in [-0.4, -0.2) is 7.11 Å². The highest BCUT2D eigenvalue weighted by molar-refractivity contribution is 6.33. The third-order valence-electron chi connectivity index (χ3n) is 3.32. The maximum atomic E-state index is 8.87. The van der Waals surface area contributed by atoms with Crippen molar-refractivity contribution in [3.8, 4) is 11.8 Å². The van der Waals surface area contributed by atoms with Crippen molar-refractivity contribution in [3.05, 3.63) is 58.1 Å². The van der Waals surface area contributed by atoms with E-state index in [1.54, 1.807) is 19.2 Å². The maximum absolute atomic E-state index is 8.87. The second-order valence-corrected chi connectivity index (χ2v) is 5.33. The van der Waals surface area contributed by atoms with Gasteiger partial charge in [-0.15, -0.1) is 0 Å². The molecule has 1 unspecified atom stereocenters. The highest BCUT2D eigenvalue weighted by atomic mass is 35.5. The van der Waals surface area contributed by atoms with Gasteiger partial charge in [-0.05, 0) is 38.1 Å². The second kappa shape index (κ2) is 6.51. The number of ether oxygens (including phenoxy) is 1. The Labute approximate surface area is 130 Å². The SMILES string of the molecule is COc1ccc(C)cc1C(C)Nc1ccc(C#N)cc1Cl. The van der Waals surface area contributed by atoms with E-state index < -0.39 is 0 Å². The van der Waals surface area contributed by atoms with Crippen molar-refractivity contribution in [3.63, 3.8) is 0 Å². The van der Waals surface area contributed by atoms with Crippen LogP contribution in [0.5, 0.6) is 5.75 Å². The van der Waals surface area contributed by atoms with E-state index in [9.17, 15) is 0 Å². The zero-order chi connectivity index (χ0) is 15.4. The lowest BCUT2D eigenvalue weighted by atomic mass is 10.0. The molecule has 4 heteroatoms. The van der Waals surface area contributed by atoms with Gasteiger partial charge in [0.25, 0.3) is 0 Å². The standard InChI is InChI=1S/C17H17ClN2O/c1-11-4-7-17(21-3)14(8-11)12(2)20-16-6-5-13(10-19)9-15(16)18/h4-9,12,20H,1-3H3. The van der Waals surface area contributed by atoms with E-state index in [1.807, 2.05) is 32.0 Å². The van der Waals surface area contributed by atoms with Gasteiger partial charge < -0.3 is 10.1 Å². The molecule has 0 aliphatic heterocycles. The zero-order valence-electron chi connectivity index (χ0n) is 12.3. The first kappa shape index (κ1) is 15.2. The Morgan fingerprint density at radius 3 is 2.62 bits per heavy atom. The topological polar surface area (TPSA) is 45.0 Å². The molecule has 2 rings (SSSR count). The molecule has 0 amide bonds. The first-order valence-electron chi connectivity index (χ1n) is 6.66. The number of nitrogens with zero attached hydrogens (tertiary/aromatic N) is 1. The third kappa shape index (κ3) is 3.48. The van der Waals surface area contributed by atoms with Crippen molar-refractivity contribution < 1.29 is 4.74 Å². The van der Waals surface area contributed by atoms with E-state index >= 15 is 0 Å². The highest BCUT2D eigenvalue weighted by Crippen LogP contribution is 2.31. The largest absolute Gasteiger partial charge is 0.496 e. The minimum Gasteiger partial charge on any atom is -0.496 e. The van der Waals surface area contributed by atoms with Gasteiger partial charge in [-0.3, -0.25) is 0 Å². The average molecular weight is 301 g/mol. The molecular formula is C17H17ClN2O. The van der Waals surface area contributed by atoms with Gasteiger partial charge in [-0.25, -0.2) is 0 Å². The molecule has 0 aromatic heterocycles. The quantitative estimate of drug-likeness (QED) is 0.890. The van der Waals surface area contributed by atoms with Crippen LogP contribution in [0.25, 0.3) is 0 Å². The van der Waals surface area contributed by atoms with Gasteiger partial charge in [0.1, 0.15) is 5.75 Å². The van der Waals surface area contributed by atoms with E-state index in [0.717, 1.165) is 17.0 Å². The lowest BCUT2D eigenvalue weighted by Crippen LogP contribution is -2.09. The average Bonchev–Trinajstić information content (AvgIpc) is 2.49. The lowest BCUT2D eigenvalue weighted by molar-refractivity contribution is 0.408. The van der Waals surface area contributed by atoms with Crippen LogP contribution in [0.2, 0.25) is 5.02 Å². The Morgan fingerprint density at radius 1 is 1.24 bits per heavy atom. The Balaban J connectivity index is 2.28. The van der Waals surface area contributed by atoms with E-state index in [2.05, 4.69) is 17.5 Å². The number of nitriles is 1. The fourth-order valence-electron chi connectivity index (χ4n) is 2.20. The molecule has 21 heavy (non-hydrogen) atoms. The van der Waals surface area contributed by atoms with E-state index in [-0.39, 0.29) is 6.04 Å². The summed E-state index contributed by atoms with van der Waals surface area (Å²) in [7, 11) is 1.66. The van der Waals surface area contributed by atoms with Crippen molar-refractivity contribution >= 4 is 17.3 Å². The van der Waals surface area contributed by atoms with E-state index in [4.69, 9.17) is 21.6 Å². The van der Waals surface area contributed by atoms with Gasteiger partial charge >= 0.3 is 0 Å². The maximum Gasteiger partial charge on any atom is 0.124 e. The summed E-state index contributed by atoms with van der Waals surface area (Å²) in [5.41, 5.74) is 3.58. The van der Waals surface area contributed by atoms with Gasteiger partial charge in [0.15, 0.2) is 0 Å². The van der Waals surface area contributed by atoms with Crippen LogP contribution in [-0.2, 0) is 0 Å². The smallest absolute Gasteiger partial charge is 0.124 e. The summed E-state index contributed by atoms with van der Waals surface area (Å²) in [4.78, 5) is 0. The number of anilines is 1. The van der Waals surface area contributed by atoms with Crippen LogP contribution >= 0.6 is 11.6 Å². The van der Waals surface area contributed by atoms with Crippen LogP contribution in [0.4, 0.5) is 5.69 Å². The Kier molecular flexibility index (Phi) is 4.72. The number of aryl methyl sites for hydroxylation is 1. The van der Waals surface area contributed by atoms with E-state index in [1.165, 1.54) is 5.56 Å². The number of methoxy groups -OCH3 is 1. The van der Waals surface area contributed by atoms with Crippen LogP contribution in [0, 0.1) is 18.3 Å². The molecule has 1 atom stereocenters. The molecule has 1 N–H and O–H groups in total. The van der Waals surface area contributed by atoms with Crippen molar-refractivity contribution in [1.29, 1.82) is 5.26 Å². The molecule has 0 spiro atoms. The lowest BCUT2D eigenvalue weighted by Gasteiger charge is -2.20. The second-order valence-electron chi connectivity index (χ2n) is 4.92. The molecule has 108 valence electrons. The molecule has 0 heterocycles. The molecule has 0 bridgehead atoms. The molecule has 0 saturated carbocycles. The molecule has 0 saturated heterocycles. The molecule has 2 aromatic rings. The number of rotatable bonds is 4. The van der Waals surface area contributed by atoms with Gasteiger partial charge in [-0.1, -0.05) is 29.3 Å². The molecule has 0 fully saturated rings. The Morgan fingerprint density at radius 2 is 2.00 bits per heavy atom. The summed E-state index contributed by atoms with van der Waals surface area (Å²) in [6.07, 6.45) is 0. The summed E-state index contributed by atoms with van der Waals surface area (Å²) in [6.45, 7) is 4.09. The van der Waals surface area contributed by atoms with Crippen LogP contribution in [0.3, 0.4) is 0 Å². The van der Waals surface area contributed by atoms with Gasteiger partial charge in [-0.2, -0.15) is 5.26 Å². The number of hydrogen-bond donors (Lipinski definition) is 1. The number of halogens is 1. The first-order chi connectivity index (χ1) is 10.0. The predicted octanol–water partition coefficient (Wildman–Crippen LogP) is 4.70. The minimum atomic E-state index is 0.0327. The normalized spacial score (nSPS) is 11.6. The minimum absolute atomic E-state index is 0.0327. The summed E-state index contributed by atoms with van der Waals surface area (Å²) in [6, 6.07) is 13.4. The van der Waals surface area contributed by atoms with Gasteiger partial charge in [0.2, 0.25) is 0 Å². The van der Waals surface area contributed by atoms with Crippen LogP contribution in [0.1, 0.15) is 29.7 Å². The highest BCUT2D eigenvalue weighted by Gasteiger charge is 2.13. The molecule has 2 aromatic carbocycles. The van der Waals surface area contributed by atoms with Crippen molar-refractivity contribution in [2.24, 2.45) is 0 Å². The fraction of sp³-hybridized carbons (Fsp3) is 0.235. The fourth-order valence-corrected chi connectivity index (χ4v) is 2.44. The molecular weight excluding hydrogens is 284 g/mol.